The summed E-state index contributed by atoms with van der Waals surface area (Å²) in [6.45, 7) is -0.885. The fourth-order valence-corrected chi connectivity index (χ4v) is 4.81. The summed E-state index contributed by atoms with van der Waals surface area (Å²) >= 11 is 0. The molecule has 0 atom stereocenters. The monoisotopic (exact) mass is 452 g/mol. The molecule has 6 heteroatoms. The van der Waals surface area contributed by atoms with Crippen LogP contribution in [-0.4, -0.2) is 28.8 Å². The van der Waals surface area contributed by atoms with Gasteiger partial charge in [0.05, 0.1) is 12.2 Å². The molecule has 3 heterocycles. The van der Waals surface area contributed by atoms with Crippen LogP contribution < -0.4 is 4.74 Å². The van der Waals surface area contributed by atoms with Crippen LogP contribution in [0.15, 0.2) is 60.4 Å². The van der Waals surface area contributed by atoms with Gasteiger partial charge < -0.3 is 22.3 Å². The average Bonchev–Trinajstić information content (AvgIpc) is 3.50. The van der Waals surface area contributed by atoms with Crippen LogP contribution in [0.1, 0.15) is 82.4 Å². The van der Waals surface area contributed by atoms with Crippen molar-refractivity contribution in [3.05, 3.63) is 71.7 Å². The lowest BCUT2D eigenvalue weighted by Crippen LogP contribution is -2.49. The van der Waals surface area contributed by atoms with Gasteiger partial charge in [-0.3, -0.25) is 0 Å². The molecule has 0 saturated heterocycles. The van der Waals surface area contributed by atoms with E-state index >= 15 is 0 Å². The summed E-state index contributed by atoms with van der Waals surface area (Å²) in [4.78, 5) is 0. The lowest BCUT2D eigenvalue weighted by atomic mass is 9.86. The number of hydrogen-bond donors (Lipinski definition) is 0. The summed E-state index contributed by atoms with van der Waals surface area (Å²) in [6.07, 6.45) is 19.4. The molecule has 0 bridgehead atoms. The van der Waals surface area contributed by atoms with Gasteiger partial charge in [-0.2, -0.15) is 0 Å². The van der Waals surface area contributed by atoms with Gasteiger partial charge in [-0.05, 0) is 42.4 Å². The van der Waals surface area contributed by atoms with Crippen molar-refractivity contribution in [2.45, 2.75) is 71.1 Å². The first-order chi connectivity index (χ1) is 16.1. The minimum atomic E-state index is -3.86. The highest BCUT2D eigenvalue weighted by molar-refractivity contribution is 6.57. The molecule has 4 rings (SSSR count). The molecule has 1 aromatic carbocycles. The van der Waals surface area contributed by atoms with Crippen LogP contribution in [0.25, 0.3) is 5.57 Å². The molecule has 3 nitrogen and oxygen atoms in total. The molecule has 0 amide bonds. The third-order valence-electron chi connectivity index (χ3n) is 6.65. The molecule has 2 aromatic rings. The number of rotatable bonds is 13. The number of halogens is 2. The van der Waals surface area contributed by atoms with E-state index in [2.05, 4.69) is 6.92 Å². The highest BCUT2D eigenvalue weighted by Crippen LogP contribution is 2.38. The lowest BCUT2D eigenvalue weighted by molar-refractivity contribution is -0.356. The quantitative estimate of drug-likeness (QED) is 0.228. The zero-order valence-corrected chi connectivity index (χ0v) is 19.7. The van der Waals surface area contributed by atoms with Gasteiger partial charge in [0.15, 0.2) is 5.70 Å². The van der Waals surface area contributed by atoms with Crippen molar-refractivity contribution >= 4 is 18.8 Å². The van der Waals surface area contributed by atoms with Gasteiger partial charge >= 0.3 is 6.97 Å². The minimum Gasteiger partial charge on any atom is -0.494 e. The molecule has 0 N–H and O–H groups in total. The Labute approximate surface area is 196 Å². The second-order valence-electron chi connectivity index (χ2n) is 9.12. The summed E-state index contributed by atoms with van der Waals surface area (Å²) in [6, 6.07) is 11.3. The molecule has 0 radical (unpaired) electrons. The summed E-state index contributed by atoms with van der Waals surface area (Å²) < 4.78 is 37.9. The SMILES string of the molecule is CCCCCCCCCCCCOc1ccc(C2=C3C=CC=[N+]3[B-](F)(F)n3cccc32)cc1. The van der Waals surface area contributed by atoms with Gasteiger partial charge in [-0.15, -0.1) is 0 Å². The van der Waals surface area contributed by atoms with Crippen LogP contribution >= 0.6 is 0 Å². The maximum atomic E-state index is 14.9. The minimum absolute atomic E-state index is 0.547. The number of nitrogens with zero attached hydrogens (tertiary/aromatic N) is 2. The molecule has 1 aromatic heterocycles. The third kappa shape index (κ3) is 5.31. The first-order valence-corrected chi connectivity index (χ1v) is 12.6. The Kier molecular flexibility index (Phi) is 7.84. The molecule has 0 aliphatic carbocycles. The summed E-state index contributed by atoms with van der Waals surface area (Å²) in [5.74, 6) is 0.825. The predicted octanol–water partition coefficient (Wildman–Crippen LogP) is 7.44. The number of allylic oxidation sites excluding steroid dienone is 2. The Morgan fingerprint density at radius 1 is 0.879 bits per heavy atom. The van der Waals surface area contributed by atoms with Gasteiger partial charge in [0.1, 0.15) is 12.0 Å². The molecule has 2 aliphatic heterocycles. The maximum Gasteiger partial charge on any atom is 0.737 e. The molecular formula is C27H35BF2N2O. The Morgan fingerprint density at radius 3 is 2.24 bits per heavy atom. The van der Waals surface area contributed by atoms with E-state index in [-0.39, 0.29) is 0 Å². The second kappa shape index (κ2) is 11.0. The van der Waals surface area contributed by atoms with E-state index in [4.69, 9.17) is 4.74 Å². The zero-order valence-electron chi connectivity index (χ0n) is 19.7. The number of hydrogen-bond acceptors (Lipinski definition) is 1. The van der Waals surface area contributed by atoms with E-state index < -0.39 is 6.97 Å². The number of unbranched alkanes of at least 4 members (excludes halogenated alkanes) is 9. The largest absolute Gasteiger partial charge is 0.737 e. The maximum absolute atomic E-state index is 14.9. The molecular weight excluding hydrogens is 417 g/mol. The van der Waals surface area contributed by atoms with Crippen LogP contribution in [0, 0.1) is 0 Å². The summed E-state index contributed by atoms with van der Waals surface area (Å²) in [5.41, 5.74) is 2.82. The lowest BCUT2D eigenvalue weighted by Gasteiger charge is -2.30. The van der Waals surface area contributed by atoms with Crippen molar-refractivity contribution in [3.8, 4) is 5.75 Å². The van der Waals surface area contributed by atoms with E-state index in [9.17, 15) is 8.63 Å². The van der Waals surface area contributed by atoms with E-state index in [1.54, 1.807) is 24.3 Å². The molecule has 0 fully saturated rings. The van der Waals surface area contributed by atoms with Crippen LogP contribution in [0.3, 0.4) is 0 Å². The van der Waals surface area contributed by atoms with Gasteiger partial charge in [0.25, 0.3) is 0 Å². The predicted molar refractivity (Wildman–Crippen MR) is 133 cm³/mol. The summed E-state index contributed by atoms with van der Waals surface area (Å²) in [5, 5.41) is 0. The number of ether oxygens (including phenoxy) is 1. The number of fused-ring (bicyclic) bond motifs is 2. The fourth-order valence-electron chi connectivity index (χ4n) is 4.81. The van der Waals surface area contributed by atoms with Crippen LogP contribution in [0.5, 0.6) is 5.75 Å². The van der Waals surface area contributed by atoms with Gasteiger partial charge in [-0.25, -0.2) is 0 Å². The first-order valence-electron chi connectivity index (χ1n) is 12.6. The van der Waals surface area contributed by atoms with Crippen LogP contribution in [-0.2, 0) is 0 Å². The molecule has 0 saturated carbocycles. The van der Waals surface area contributed by atoms with E-state index in [0.29, 0.717) is 18.0 Å². The highest BCUT2D eigenvalue weighted by Gasteiger charge is 2.51. The zero-order chi connectivity index (χ0) is 23.1. The molecule has 0 spiro atoms. The van der Waals surface area contributed by atoms with Crippen molar-refractivity contribution in [3.63, 3.8) is 0 Å². The Hall–Kier alpha value is -2.63. The molecule has 2 aliphatic rings. The number of aromatic nitrogens is 1. The Morgan fingerprint density at radius 2 is 1.55 bits per heavy atom. The molecule has 176 valence electrons. The van der Waals surface area contributed by atoms with E-state index in [1.807, 2.05) is 24.3 Å². The normalized spacial score (nSPS) is 16.0. The molecule has 33 heavy (non-hydrogen) atoms. The van der Waals surface area contributed by atoms with Crippen molar-refractivity contribution in [1.82, 2.24) is 4.48 Å². The van der Waals surface area contributed by atoms with Crippen LogP contribution in [0.4, 0.5) is 8.63 Å². The summed E-state index contributed by atoms with van der Waals surface area (Å²) in [7, 11) is 0. The van der Waals surface area contributed by atoms with Gasteiger partial charge in [-0.1, -0.05) is 76.8 Å². The Balaban J connectivity index is 1.27. The number of benzene rings is 1. The topological polar surface area (TPSA) is 17.2 Å². The van der Waals surface area contributed by atoms with Crippen molar-refractivity contribution in [2.24, 2.45) is 0 Å². The van der Waals surface area contributed by atoms with Crippen LogP contribution in [0.2, 0.25) is 0 Å². The fraction of sp³-hybridized carbons (Fsp3) is 0.444. The van der Waals surface area contributed by atoms with Crippen molar-refractivity contribution < 1.29 is 17.9 Å². The average molecular weight is 452 g/mol. The Bertz CT molecular complexity index is 1020. The highest BCUT2D eigenvalue weighted by atomic mass is 19.2. The van der Waals surface area contributed by atoms with Gasteiger partial charge in [0, 0.05) is 17.8 Å². The standard InChI is InChI=1S/C27H35BF2N2O/c1-2-3-4-5-6-7-8-9-10-11-22-33-24-18-16-23(17-19-24)27-25-14-12-20-31(25)28(29,30)32-21-13-15-26(27)32/h12-21H,2-11,22H2,1H3. The van der Waals surface area contributed by atoms with Crippen molar-refractivity contribution in [2.75, 3.05) is 6.61 Å². The third-order valence-corrected chi connectivity index (χ3v) is 6.65. The van der Waals surface area contributed by atoms with E-state index in [0.717, 1.165) is 32.3 Å². The smallest absolute Gasteiger partial charge is 0.494 e. The second-order valence-corrected chi connectivity index (χ2v) is 9.12. The molecule has 0 unspecified atom stereocenters. The van der Waals surface area contributed by atoms with Gasteiger partial charge in [0.2, 0.25) is 0 Å². The van der Waals surface area contributed by atoms with Crippen molar-refractivity contribution in [1.29, 1.82) is 0 Å². The van der Waals surface area contributed by atoms with E-state index in [1.165, 1.54) is 70.2 Å². The first kappa shape index (κ1) is 23.5.